The molecule has 3 N–H and O–H groups in total. The third kappa shape index (κ3) is 3.27. The van der Waals surface area contributed by atoms with Crippen molar-refractivity contribution in [3.63, 3.8) is 0 Å². The Morgan fingerprint density at radius 1 is 1.11 bits per heavy atom. The maximum Gasteiger partial charge on any atom is 0.331 e. The number of esters is 1. The first kappa shape index (κ1) is 23.4. The molecule has 0 amide bonds. The zero-order chi connectivity index (χ0) is 24.5. The van der Waals surface area contributed by atoms with E-state index in [1.54, 1.807) is 12.3 Å². The van der Waals surface area contributed by atoms with Crippen molar-refractivity contribution in [3.05, 3.63) is 35.8 Å². The number of aliphatic imine (C=N–C) groups is 1. The minimum atomic E-state index is -1.03. The number of aliphatic hydroxyl groups excluding tert-OH is 1. The molecule has 2 heterocycles. The normalized spacial score (nSPS) is 47.2. The van der Waals surface area contributed by atoms with Crippen molar-refractivity contribution in [1.82, 2.24) is 0 Å². The minimum Gasteiger partial charge on any atom is -0.467 e. The van der Waals surface area contributed by atoms with Gasteiger partial charge in [0.25, 0.3) is 0 Å². The number of hydrogen-bond donors (Lipinski definition) is 3. The summed E-state index contributed by atoms with van der Waals surface area (Å²) in [4.78, 5) is 16.6. The molecule has 0 unspecified atom stereocenters. The second-order valence-corrected chi connectivity index (χ2v) is 12.1. The molecule has 7 heteroatoms. The van der Waals surface area contributed by atoms with Gasteiger partial charge in [-0.05, 0) is 86.8 Å². The Hall–Kier alpha value is -1.96. The average Bonchev–Trinajstić information content (AvgIpc) is 3.54. The van der Waals surface area contributed by atoms with Crippen molar-refractivity contribution in [1.29, 1.82) is 0 Å². The van der Waals surface area contributed by atoms with Crippen molar-refractivity contribution in [2.75, 3.05) is 6.61 Å². The van der Waals surface area contributed by atoms with E-state index in [0.717, 1.165) is 37.0 Å². The van der Waals surface area contributed by atoms with Crippen LogP contribution in [0.1, 0.15) is 70.5 Å². The molecule has 4 saturated carbocycles. The highest BCUT2D eigenvalue weighted by Crippen LogP contribution is 2.70. The van der Waals surface area contributed by atoms with Crippen LogP contribution in [0.15, 0.2) is 39.5 Å². The van der Waals surface area contributed by atoms with Crippen LogP contribution in [0.4, 0.5) is 0 Å². The summed E-state index contributed by atoms with van der Waals surface area (Å²) in [6, 6.07) is 3.74. The Balaban J connectivity index is 1.36. The number of nitrogens with zero attached hydrogens (tertiary/aromatic N) is 1. The highest BCUT2D eigenvalue weighted by molar-refractivity contribution is 5.85. The molecule has 0 aromatic carbocycles. The summed E-state index contributed by atoms with van der Waals surface area (Å²) in [5.41, 5.74) is -1.79. The second kappa shape index (κ2) is 8.02. The van der Waals surface area contributed by atoms with Gasteiger partial charge in [0.1, 0.15) is 12.4 Å². The molecule has 0 saturated heterocycles. The number of rotatable bonds is 4. The number of hydrogen-bond acceptors (Lipinski definition) is 7. The molecule has 1 aromatic heterocycles. The van der Waals surface area contributed by atoms with Crippen LogP contribution in [-0.2, 0) is 16.1 Å². The fourth-order valence-electron chi connectivity index (χ4n) is 9.06. The van der Waals surface area contributed by atoms with Crippen molar-refractivity contribution in [2.24, 2.45) is 33.6 Å². The molecule has 6 rings (SSSR count). The van der Waals surface area contributed by atoms with Gasteiger partial charge in [0.2, 0.25) is 0 Å². The Bertz CT molecular complexity index is 1050. The van der Waals surface area contributed by atoms with Crippen LogP contribution >= 0.6 is 0 Å². The van der Waals surface area contributed by atoms with Crippen molar-refractivity contribution in [2.45, 2.75) is 88.6 Å². The zero-order valence-corrected chi connectivity index (χ0v) is 20.5. The van der Waals surface area contributed by atoms with Gasteiger partial charge in [-0.1, -0.05) is 6.92 Å². The number of cyclic esters (lactones) is 1. The zero-order valence-electron chi connectivity index (χ0n) is 20.5. The predicted octanol–water partition coefficient (Wildman–Crippen LogP) is 3.56. The fraction of sp³-hybridized carbons (Fsp3) is 0.714. The Morgan fingerprint density at radius 3 is 2.69 bits per heavy atom. The summed E-state index contributed by atoms with van der Waals surface area (Å²) >= 11 is 0. The van der Waals surface area contributed by atoms with Crippen molar-refractivity contribution >= 4 is 12.2 Å². The molecular weight excluding hydrogens is 446 g/mol. The number of aliphatic hydroxyl groups is 3. The SMILES string of the molecule is C[C@]12CC[C@@H]3[C@@H](CC[C@@]4(O)C[C@@H](O)CC[C@]34C=NCc3ccco3)[C@@]1(O)CC[C@@H]2C1=CC(=O)OC1. The van der Waals surface area contributed by atoms with Gasteiger partial charge in [0.05, 0.1) is 30.1 Å². The third-order valence-corrected chi connectivity index (χ3v) is 10.8. The van der Waals surface area contributed by atoms with Gasteiger partial charge in [-0.25, -0.2) is 4.79 Å². The quantitative estimate of drug-likeness (QED) is 0.446. The summed E-state index contributed by atoms with van der Waals surface area (Å²) in [5, 5.41) is 35.0. The van der Waals surface area contributed by atoms with E-state index in [4.69, 9.17) is 14.1 Å². The molecule has 0 spiro atoms. The van der Waals surface area contributed by atoms with Gasteiger partial charge in [0, 0.05) is 29.5 Å². The molecule has 1 aromatic rings. The largest absolute Gasteiger partial charge is 0.467 e. The third-order valence-electron chi connectivity index (χ3n) is 10.8. The molecule has 5 aliphatic rings. The Morgan fingerprint density at radius 2 is 1.94 bits per heavy atom. The van der Waals surface area contributed by atoms with E-state index in [9.17, 15) is 20.1 Å². The first-order valence-electron chi connectivity index (χ1n) is 13.2. The van der Waals surface area contributed by atoms with E-state index in [-0.39, 0.29) is 29.1 Å². The standard InChI is InChI=1S/C28H37NO6/c1-25-8-5-22-23(28(25,33)11-7-21(25)18-13-24(31)35-16-18)6-10-27(32)14-19(30)4-9-26(22,27)17-29-15-20-3-2-12-34-20/h2-3,12-13,17,19,21-23,30,32-33H,4-11,14-16H2,1H3/t19-,21+,22+,23+,25+,26-,27+,28-/m0/s1. The lowest BCUT2D eigenvalue weighted by atomic mass is 9.41. The van der Waals surface area contributed by atoms with E-state index < -0.39 is 22.7 Å². The van der Waals surface area contributed by atoms with Crippen LogP contribution in [0.25, 0.3) is 0 Å². The highest BCUT2D eigenvalue weighted by Gasteiger charge is 2.71. The lowest BCUT2D eigenvalue weighted by molar-refractivity contribution is -0.237. The smallest absolute Gasteiger partial charge is 0.331 e. The number of furan rings is 1. The monoisotopic (exact) mass is 483 g/mol. The van der Waals surface area contributed by atoms with E-state index >= 15 is 0 Å². The first-order chi connectivity index (χ1) is 16.7. The molecule has 0 bridgehead atoms. The van der Waals surface area contributed by atoms with Gasteiger partial charge in [-0.3, -0.25) is 4.99 Å². The van der Waals surface area contributed by atoms with Crippen LogP contribution in [0.3, 0.4) is 0 Å². The summed E-state index contributed by atoms with van der Waals surface area (Å²) < 4.78 is 10.7. The maximum atomic E-state index is 12.4. The lowest BCUT2D eigenvalue weighted by Gasteiger charge is -2.65. The van der Waals surface area contributed by atoms with E-state index in [0.29, 0.717) is 45.3 Å². The van der Waals surface area contributed by atoms with Gasteiger partial charge in [0.15, 0.2) is 0 Å². The molecule has 4 aliphatic carbocycles. The first-order valence-corrected chi connectivity index (χ1v) is 13.2. The molecule has 7 nitrogen and oxygen atoms in total. The summed E-state index contributed by atoms with van der Waals surface area (Å²) in [6.07, 6.45) is 10.9. The molecule has 35 heavy (non-hydrogen) atoms. The van der Waals surface area contributed by atoms with Gasteiger partial charge in [-0.15, -0.1) is 0 Å². The number of carbonyl (C=O) groups is 1. The van der Waals surface area contributed by atoms with Crippen LogP contribution in [0, 0.1) is 28.6 Å². The summed E-state index contributed by atoms with van der Waals surface area (Å²) in [7, 11) is 0. The molecular formula is C28H37NO6. The van der Waals surface area contributed by atoms with Crippen LogP contribution < -0.4 is 0 Å². The number of ether oxygens (including phenoxy) is 1. The number of fused-ring (bicyclic) bond motifs is 5. The summed E-state index contributed by atoms with van der Waals surface area (Å²) in [5.74, 6) is 0.761. The van der Waals surface area contributed by atoms with Crippen LogP contribution in [-0.4, -0.2) is 51.4 Å². The van der Waals surface area contributed by atoms with Gasteiger partial charge < -0.3 is 24.5 Å². The van der Waals surface area contributed by atoms with Crippen LogP contribution in [0.2, 0.25) is 0 Å². The maximum absolute atomic E-state index is 12.4. The fourth-order valence-corrected chi connectivity index (χ4v) is 9.06. The van der Waals surface area contributed by atoms with Gasteiger partial charge in [-0.2, -0.15) is 0 Å². The van der Waals surface area contributed by atoms with E-state index in [1.807, 2.05) is 18.3 Å². The lowest BCUT2D eigenvalue weighted by Crippen LogP contribution is -2.68. The highest BCUT2D eigenvalue weighted by atomic mass is 16.5. The molecule has 0 radical (unpaired) electrons. The van der Waals surface area contributed by atoms with Crippen molar-refractivity contribution in [3.8, 4) is 0 Å². The van der Waals surface area contributed by atoms with Crippen molar-refractivity contribution < 1.29 is 29.3 Å². The molecule has 190 valence electrons. The summed E-state index contributed by atoms with van der Waals surface area (Å²) in [6.45, 7) is 2.95. The average molecular weight is 484 g/mol. The predicted molar refractivity (Wildman–Crippen MR) is 128 cm³/mol. The molecule has 4 fully saturated rings. The molecule has 8 atom stereocenters. The van der Waals surface area contributed by atoms with E-state index in [2.05, 4.69) is 6.92 Å². The number of carbonyl (C=O) groups excluding carboxylic acids is 1. The Kier molecular flexibility index (Phi) is 5.37. The van der Waals surface area contributed by atoms with E-state index in [1.165, 1.54) is 0 Å². The van der Waals surface area contributed by atoms with Crippen LogP contribution in [0.5, 0.6) is 0 Å². The Labute approximate surface area is 206 Å². The minimum absolute atomic E-state index is 0.0375. The van der Waals surface area contributed by atoms with Gasteiger partial charge >= 0.3 is 5.97 Å². The molecule has 1 aliphatic heterocycles. The second-order valence-electron chi connectivity index (χ2n) is 12.1. The topological polar surface area (TPSA) is 112 Å².